The van der Waals surface area contributed by atoms with Crippen LogP contribution in [0.2, 0.25) is 0 Å². The topological polar surface area (TPSA) is 121 Å². The number of halogens is 1. The number of urea groups is 1. The first kappa shape index (κ1) is 23.9. The van der Waals surface area contributed by atoms with Gasteiger partial charge in [-0.25, -0.2) is 14.0 Å². The van der Waals surface area contributed by atoms with Gasteiger partial charge in [0.15, 0.2) is 5.76 Å². The zero-order valence-corrected chi connectivity index (χ0v) is 18.1. The Kier molecular flexibility index (Phi) is 7.51. The molecule has 2 N–H and O–H groups in total. The fourth-order valence-corrected chi connectivity index (χ4v) is 2.63. The van der Waals surface area contributed by atoms with Crippen LogP contribution in [0, 0.1) is 17.7 Å². The molecule has 1 atom stereocenters. The van der Waals surface area contributed by atoms with Gasteiger partial charge in [-0.1, -0.05) is 18.1 Å². The summed E-state index contributed by atoms with van der Waals surface area (Å²) in [5, 5.41) is 0.582. The van der Waals surface area contributed by atoms with E-state index in [9.17, 15) is 18.8 Å². The molecule has 0 saturated heterocycles. The Morgan fingerprint density at radius 2 is 1.76 bits per heavy atom. The molecule has 0 fully saturated rings. The molecular weight excluding hydrogens is 447 g/mol. The molecule has 0 bridgehead atoms. The Labute approximate surface area is 193 Å². The summed E-state index contributed by atoms with van der Waals surface area (Å²) in [4.78, 5) is 40.8. The number of hydrogen-bond acceptors (Lipinski definition) is 7. The summed E-state index contributed by atoms with van der Waals surface area (Å²) in [6.07, 6.45) is 0. The third kappa shape index (κ3) is 6.37. The van der Waals surface area contributed by atoms with Crippen LogP contribution in [-0.2, 0) is 9.63 Å². The number of ether oxygens (including phenoxy) is 2. The number of hydrogen-bond donors (Lipinski definition) is 1. The maximum atomic E-state index is 13.0. The van der Waals surface area contributed by atoms with Crippen LogP contribution >= 0.6 is 0 Å². The lowest BCUT2D eigenvalue weighted by atomic mass is 10.2. The largest absolute Gasteiger partial charge is 0.426 e. The van der Waals surface area contributed by atoms with Crippen LogP contribution < -0.4 is 15.2 Å². The van der Waals surface area contributed by atoms with Crippen LogP contribution in [-0.4, -0.2) is 29.1 Å². The van der Waals surface area contributed by atoms with Crippen molar-refractivity contribution in [3.8, 4) is 29.3 Å². The van der Waals surface area contributed by atoms with Crippen LogP contribution in [0.1, 0.15) is 30.0 Å². The average molecular weight is 466 g/mol. The highest BCUT2D eigenvalue weighted by Crippen LogP contribution is 2.24. The van der Waals surface area contributed by atoms with E-state index in [1.807, 2.05) is 0 Å². The molecule has 0 aliphatic carbocycles. The quantitative estimate of drug-likeness (QED) is 0.261. The van der Waals surface area contributed by atoms with Crippen molar-refractivity contribution in [3.05, 3.63) is 77.8 Å². The zero-order valence-electron chi connectivity index (χ0n) is 18.1. The summed E-state index contributed by atoms with van der Waals surface area (Å²) >= 11 is 0. The first-order chi connectivity index (χ1) is 16.2. The van der Waals surface area contributed by atoms with Gasteiger partial charge in [0.1, 0.15) is 28.9 Å². The van der Waals surface area contributed by atoms with E-state index in [1.165, 1.54) is 68.4 Å². The normalized spacial score (nSPS) is 10.9. The number of nitrogens with zero attached hydrogens (tertiary/aromatic N) is 1. The molecule has 3 aromatic rings. The molecule has 2 amide bonds. The minimum absolute atomic E-state index is 0.0348. The number of para-hydroxylation sites is 1. The average Bonchev–Trinajstić information content (AvgIpc) is 3.24. The second-order valence-electron chi connectivity index (χ2n) is 6.75. The molecule has 34 heavy (non-hydrogen) atoms. The van der Waals surface area contributed by atoms with Gasteiger partial charge in [-0.15, -0.1) is 5.06 Å². The maximum Gasteiger partial charge on any atom is 0.367 e. The van der Waals surface area contributed by atoms with Crippen LogP contribution in [0.3, 0.4) is 0 Å². The Hall–Kier alpha value is -4.78. The van der Waals surface area contributed by atoms with Crippen LogP contribution in [0.5, 0.6) is 17.4 Å². The highest BCUT2D eigenvalue weighted by molar-refractivity contribution is 5.94. The van der Waals surface area contributed by atoms with E-state index in [-0.39, 0.29) is 23.0 Å². The summed E-state index contributed by atoms with van der Waals surface area (Å²) in [7, 11) is 0. The number of esters is 1. The molecule has 0 radical (unpaired) electrons. The molecule has 174 valence electrons. The Bertz CT molecular complexity index is 1260. The monoisotopic (exact) mass is 466 g/mol. The standard InChI is InChI=1S/C24H19FN2O7/c1-15(7-10-18-13-14-22(32-18)33-19-11-8-17(25)9-12-19)27(24(26)30)34-23(29)20-5-3-4-6-21(20)31-16(2)28/h3-6,8-9,11-15H,1-2H3,(H2,26,30). The predicted octanol–water partition coefficient (Wildman–Crippen LogP) is 4.03. The van der Waals surface area contributed by atoms with Crippen molar-refractivity contribution in [3.63, 3.8) is 0 Å². The van der Waals surface area contributed by atoms with Gasteiger partial charge in [0.05, 0.1) is 0 Å². The van der Waals surface area contributed by atoms with E-state index in [2.05, 4.69) is 11.8 Å². The van der Waals surface area contributed by atoms with Crippen molar-refractivity contribution < 1.29 is 37.5 Å². The van der Waals surface area contributed by atoms with E-state index in [0.29, 0.717) is 10.8 Å². The fourth-order valence-electron chi connectivity index (χ4n) is 2.63. The smallest absolute Gasteiger partial charge is 0.367 e. The van der Waals surface area contributed by atoms with Crippen molar-refractivity contribution in [2.24, 2.45) is 5.73 Å². The van der Waals surface area contributed by atoms with Gasteiger partial charge in [0.2, 0.25) is 0 Å². The molecule has 1 aromatic heterocycles. The Balaban J connectivity index is 1.70. The lowest BCUT2D eigenvalue weighted by molar-refractivity contribution is -0.131. The molecule has 3 rings (SSSR count). The van der Waals surface area contributed by atoms with Crippen molar-refractivity contribution >= 4 is 18.0 Å². The number of benzene rings is 2. The summed E-state index contributed by atoms with van der Waals surface area (Å²) in [5.74, 6) is 3.99. The summed E-state index contributed by atoms with van der Waals surface area (Å²) < 4.78 is 28.9. The number of primary amides is 1. The zero-order chi connectivity index (χ0) is 24.7. The summed E-state index contributed by atoms with van der Waals surface area (Å²) in [5.41, 5.74) is 5.25. The third-order valence-corrected chi connectivity index (χ3v) is 4.13. The van der Waals surface area contributed by atoms with E-state index >= 15 is 0 Å². The predicted molar refractivity (Wildman–Crippen MR) is 116 cm³/mol. The number of carbonyl (C=O) groups excluding carboxylic acids is 3. The fraction of sp³-hybridized carbons (Fsp3) is 0.125. The first-order valence-electron chi connectivity index (χ1n) is 9.86. The molecule has 2 aromatic carbocycles. The van der Waals surface area contributed by atoms with E-state index < -0.39 is 29.8 Å². The van der Waals surface area contributed by atoms with Gasteiger partial charge in [-0.05, 0) is 55.3 Å². The first-order valence-corrected chi connectivity index (χ1v) is 9.86. The minimum atomic E-state index is -1.07. The second kappa shape index (κ2) is 10.7. The molecule has 1 unspecified atom stereocenters. The lowest BCUT2D eigenvalue weighted by Crippen LogP contribution is -2.43. The molecule has 10 heteroatoms. The van der Waals surface area contributed by atoms with Gasteiger partial charge >= 0.3 is 18.0 Å². The van der Waals surface area contributed by atoms with Crippen molar-refractivity contribution in [1.82, 2.24) is 5.06 Å². The number of amides is 2. The van der Waals surface area contributed by atoms with Crippen molar-refractivity contribution in [1.29, 1.82) is 0 Å². The van der Waals surface area contributed by atoms with E-state index in [1.54, 1.807) is 6.07 Å². The highest BCUT2D eigenvalue weighted by Gasteiger charge is 2.24. The van der Waals surface area contributed by atoms with Crippen LogP contribution in [0.15, 0.2) is 65.1 Å². The Morgan fingerprint density at radius 1 is 1.06 bits per heavy atom. The molecular formula is C24H19FN2O7. The molecule has 9 nitrogen and oxygen atoms in total. The molecule has 0 saturated carbocycles. The lowest BCUT2D eigenvalue weighted by Gasteiger charge is -2.22. The minimum Gasteiger partial charge on any atom is -0.426 e. The second-order valence-corrected chi connectivity index (χ2v) is 6.75. The number of nitrogens with two attached hydrogens (primary N) is 1. The SMILES string of the molecule is CC(=O)Oc1ccccc1C(=O)ON(C(N)=O)C(C)C#Cc1ccc(Oc2ccc(F)cc2)o1. The Morgan fingerprint density at radius 3 is 2.44 bits per heavy atom. The summed E-state index contributed by atoms with van der Waals surface area (Å²) in [6, 6.07) is 12.2. The number of furan rings is 1. The van der Waals surface area contributed by atoms with Crippen molar-refractivity contribution in [2.45, 2.75) is 19.9 Å². The number of hydroxylamine groups is 2. The van der Waals surface area contributed by atoms with Gasteiger partial charge in [-0.3, -0.25) is 4.79 Å². The van der Waals surface area contributed by atoms with Crippen molar-refractivity contribution in [2.75, 3.05) is 0 Å². The van der Waals surface area contributed by atoms with Gasteiger partial charge in [0, 0.05) is 13.0 Å². The highest BCUT2D eigenvalue weighted by atomic mass is 19.1. The van der Waals surface area contributed by atoms with Gasteiger partial charge in [0.25, 0.3) is 5.95 Å². The maximum absolute atomic E-state index is 13.0. The van der Waals surface area contributed by atoms with Crippen LogP contribution in [0.25, 0.3) is 0 Å². The molecule has 1 heterocycles. The van der Waals surface area contributed by atoms with E-state index in [0.717, 1.165) is 0 Å². The number of rotatable bonds is 5. The molecule has 0 aliphatic heterocycles. The summed E-state index contributed by atoms with van der Waals surface area (Å²) in [6.45, 7) is 2.65. The van der Waals surface area contributed by atoms with Gasteiger partial charge < -0.3 is 24.5 Å². The molecule has 0 spiro atoms. The van der Waals surface area contributed by atoms with Gasteiger partial charge in [-0.2, -0.15) is 0 Å². The third-order valence-electron chi connectivity index (χ3n) is 4.13. The van der Waals surface area contributed by atoms with E-state index in [4.69, 9.17) is 24.5 Å². The number of carbonyl (C=O) groups is 3. The molecule has 0 aliphatic rings. The van der Waals surface area contributed by atoms with Crippen LogP contribution in [0.4, 0.5) is 9.18 Å².